The smallest absolute Gasteiger partial charge is 0.250 e. The average Bonchev–Trinajstić information content (AvgIpc) is 3.44. The van der Waals surface area contributed by atoms with Crippen molar-refractivity contribution in [3.63, 3.8) is 0 Å². The summed E-state index contributed by atoms with van der Waals surface area (Å²) in [4.78, 5) is 19.2. The van der Waals surface area contributed by atoms with Gasteiger partial charge in [0, 0.05) is 36.4 Å². The van der Waals surface area contributed by atoms with Crippen LogP contribution in [0.1, 0.15) is 72.9 Å². The lowest BCUT2D eigenvalue weighted by molar-refractivity contribution is -0.119. The van der Waals surface area contributed by atoms with E-state index in [-0.39, 0.29) is 24.6 Å². The number of nitrogens with one attached hydrogen (secondary N) is 2. The molecule has 1 amide bonds. The van der Waals surface area contributed by atoms with E-state index >= 15 is 0 Å². The van der Waals surface area contributed by atoms with Crippen LogP contribution in [0.5, 0.6) is 5.75 Å². The van der Waals surface area contributed by atoms with Crippen LogP contribution in [-0.2, 0) is 9.53 Å². The third-order valence-corrected chi connectivity index (χ3v) is 8.21. The Labute approximate surface area is 235 Å². The van der Waals surface area contributed by atoms with E-state index in [1.54, 1.807) is 7.11 Å². The van der Waals surface area contributed by atoms with Crippen molar-refractivity contribution in [3.05, 3.63) is 71.3 Å². The topological polar surface area (TPSA) is 80.7 Å². The Morgan fingerprint density at radius 2 is 1.92 bits per heavy atom. The summed E-state index contributed by atoms with van der Waals surface area (Å²) in [5, 5.41) is 7.08. The molecule has 0 unspecified atom stereocenters. The minimum atomic E-state index is -0.256. The molecule has 3 aromatic rings. The van der Waals surface area contributed by atoms with Crippen molar-refractivity contribution in [1.82, 2.24) is 14.9 Å². The van der Waals surface area contributed by atoms with E-state index in [9.17, 15) is 4.79 Å². The van der Waals surface area contributed by atoms with Crippen molar-refractivity contribution < 1.29 is 14.3 Å². The normalized spacial score (nSPS) is 19.7. The number of aryl methyl sites for hydroxylation is 1. The van der Waals surface area contributed by atoms with E-state index < -0.39 is 0 Å². The number of carbonyl (C=O) groups excluding carboxylic acids is 1. The monoisotopic (exact) mass is 547 g/mol. The van der Waals surface area contributed by atoms with Crippen LogP contribution < -0.4 is 20.3 Å². The zero-order valence-corrected chi connectivity index (χ0v) is 23.9. The van der Waals surface area contributed by atoms with Gasteiger partial charge >= 0.3 is 0 Å². The van der Waals surface area contributed by atoms with Gasteiger partial charge in [-0.25, -0.2) is 0 Å². The number of nitrogens with zero attached hydrogens (tertiary/aromatic N) is 3. The lowest BCUT2D eigenvalue weighted by Gasteiger charge is -2.30. The molecule has 1 saturated heterocycles. The molecule has 2 aliphatic rings. The molecule has 2 aromatic heterocycles. The van der Waals surface area contributed by atoms with Crippen LogP contribution >= 0.6 is 12.2 Å². The number of methoxy groups -OCH3 is 2. The Morgan fingerprint density at radius 1 is 1.13 bits per heavy atom. The molecule has 0 bridgehead atoms. The van der Waals surface area contributed by atoms with E-state index in [0.29, 0.717) is 22.6 Å². The van der Waals surface area contributed by atoms with Crippen LogP contribution in [0.4, 0.5) is 11.4 Å². The highest BCUT2D eigenvalue weighted by molar-refractivity contribution is 7.80. The number of thiocarbonyl (C=S) groups is 1. The standard InChI is InChI=1S/C30H37N5O3S/c1-19-16-23(20(2)34(19)21-10-6-5-7-11-21)29-28(24-12-8-9-15-31-24)33-30(39)35(29)22-13-14-26(38-4)25(17-22)32-27(36)18-37-3/h8-9,12-17,21,28-29H,5-7,10-11,18H2,1-4H3,(H,32,36)(H,33,39)/t28-,29-/m1/s1. The van der Waals surface area contributed by atoms with Crippen LogP contribution in [0, 0.1) is 13.8 Å². The van der Waals surface area contributed by atoms with Gasteiger partial charge in [0.05, 0.1) is 30.6 Å². The molecule has 5 rings (SSSR count). The number of carbonyl (C=O) groups is 1. The number of benzene rings is 1. The van der Waals surface area contributed by atoms with Gasteiger partial charge in [-0.15, -0.1) is 0 Å². The maximum atomic E-state index is 12.4. The number of hydrogen-bond acceptors (Lipinski definition) is 5. The van der Waals surface area contributed by atoms with E-state index in [1.807, 2.05) is 42.6 Å². The van der Waals surface area contributed by atoms with Crippen molar-refractivity contribution >= 4 is 34.6 Å². The Hall–Kier alpha value is -3.43. The minimum Gasteiger partial charge on any atom is -0.495 e. The van der Waals surface area contributed by atoms with Crippen molar-refractivity contribution in [2.24, 2.45) is 0 Å². The molecular weight excluding hydrogens is 510 g/mol. The first-order chi connectivity index (χ1) is 18.9. The molecule has 2 atom stereocenters. The molecule has 8 nitrogen and oxygen atoms in total. The zero-order valence-electron chi connectivity index (χ0n) is 23.1. The fourth-order valence-corrected chi connectivity index (χ4v) is 6.56. The summed E-state index contributed by atoms with van der Waals surface area (Å²) in [7, 11) is 3.08. The number of rotatable bonds is 8. The number of hydrogen-bond donors (Lipinski definition) is 2. The Morgan fingerprint density at radius 3 is 2.62 bits per heavy atom. The molecule has 39 heavy (non-hydrogen) atoms. The summed E-state index contributed by atoms with van der Waals surface area (Å²) < 4.78 is 13.1. The molecule has 2 fully saturated rings. The second kappa shape index (κ2) is 11.8. The Kier molecular flexibility index (Phi) is 8.18. The van der Waals surface area contributed by atoms with E-state index in [4.69, 9.17) is 26.7 Å². The summed E-state index contributed by atoms with van der Waals surface area (Å²) in [6, 6.07) is 14.3. The van der Waals surface area contributed by atoms with Crippen molar-refractivity contribution in [2.45, 2.75) is 64.1 Å². The maximum absolute atomic E-state index is 12.4. The first-order valence-electron chi connectivity index (χ1n) is 13.6. The number of pyridine rings is 1. The third-order valence-electron chi connectivity index (χ3n) is 7.89. The fraction of sp³-hybridized carbons (Fsp3) is 0.433. The van der Waals surface area contributed by atoms with E-state index in [1.165, 1.54) is 56.2 Å². The van der Waals surface area contributed by atoms with Gasteiger partial charge in [-0.1, -0.05) is 25.3 Å². The SMILES string of the molecule is COCC(=O)Nc1cc(N2C(=S)N[C@H](c3ccccn3)[C@H]2c2cc(C)n(C3CCCCC3)c2C)ccc1OC. The first kappa shape index (κ1) is 27.1. The third kappa shape index (κ3) is 5.38. The molecule has 0 radical (unpaired) electrons. The Bertz CT molecular complexity index is 1340. The minimum absolute atomic E-state index is 0.0470. The molecule has 9 heteroatoms. The van der Waals surface area contributed by atoms with Crippen LogP contribution in [0.25, 0.3) is 0 Å². The van der Waals surface area contributed by atoms with Gasteiger partial charge in [0.2, 0.25) is 5.91 Å². The van der Waals surface area contributed by atoms with E-state index in [2.05, 4.69) is 40.0 Å². The summed E-state index contributed by atoms with van der Waals surface area (Å²) in [6.07, 6.45) is 8.12. The maximum Gasteiger partial charge on any atom is 0.250 e. The molecule has 0 spiro atoms. The molecule has 3 heterocycles. The van der Waals surface area contributed by atoms with Gasteiger partial charge in [0.25, 0.3) is 0 Å². The van der Waals surface area contributed by atoms with Crippen molar-refractivity contribution in [2.75, 3.05) is 31.0 Å². The highest BCUT2D eigenvalue weighted by atomic mass is 32.1. The Balaban J connectivity index is 1.61. The van der Waals surface area contributed by atoms with Crippen molar-refractivity contribution in [1.29, 1.82) is 0 Å². The molecule has 1 aliphatic carbocycles. The molecule has 1 saturated carbocycles. The summed E-state index contributed by atoms with van der Waals surface area (Å²) in [5.74, 6) is 0.309. The fourth-order valence-electron chi connectivity index (χ4n) is 6.21. The molecule has 1 aliphatic heterocycles. The van der Waals surface area contributed by atoms with Crippen LogP contribution in [-0.4, -0.2) is 41.4 Å². The van der Waals surface area contributed by atoms with Gasteiger partial charge in [-0.2, -0.15) is 0 Å². The second-order valence-corrected chi connectivity index (χ2v) is 10.7. The average molecular weight is 548 g/mol. The molecule has 2 N–H and O–H groups in total. The molecule has 1 aromatic carbocycles. The summed E-state index contributed by atoms with van der Waals surface area (Å²) >= 11 is 5.96. The second-order valence-electron chi connectivity index (χ2n) is 10.4. The lowest BCUT2D eigenvalue weighted by Crippen LogP contribution is -2.30. The van der Waals surface area contributed by atoms with Gasteiger partial charge in [0.1, 0.15) is 12.4 Å². The van der Waals surface area contributed by atoms with Gasteiger partial charge < -0.3 is 29.6 Å². The summed E-state index contributed by atoms with van der Waals surface area (Å²) in [6.45, 7) is 4.40. The number of amides is 1. The summed E-state index contributed by atoms with van der Waals surface area (Å²) in [5.41, 5.74) is 6.11. The van der Waals surface area contributed by atoms with Crippen molar-refractivity contribution in [3.8, 4) is 5.75 Å². The highest BCUT2D eigenvalue weighted by Crippen LogP contribution is 2.45. The molecule has 206 valence electrons. The quantitative estimate of drug-likeness (QED) is 0.346. The molecular formula is C30H37N5O3S. The predicted molar refractivity (Wildman–Crippen MR) is 157 cm³/mol. The van der Waals surface area contributed by atoms with Crippen LogP contribution in [0.15, 0.2) is 48.7 Å². The highest BCUT2D eigenvalue weighted by Gasteiger charge is 2.42. The van der Waals surface area contributed by atoms with Crippen LogP contribution in [0.2, 0.25) is 0 Å². The predicted octanol–water partition coefficient (Wildman–Crippen LogP) is 5.78. The van der Waals surface area contributed by atoms with Gasteiger partial charge in [-0.05, 0) is 80.9 Å². The number of anilines is 2. The lowest BCUT2D eigenvalue weighted by atomic mass is 9.94. The zero-order chi connectivity index (χ0) is 27.5. The number of ether oxygens (including phenoxy) is 2. The van der Waals surface area contributed by atoms with Gasteiger partial charge in [0.15, 0.2) is 5.11 Å². The number of aromatic nitrogens is 2. The van der Waals surface area contributed by atoms with E-state index in [0.717, 1.165) is 11.4 Å². The first-order valence-corrected chi connectivity index (χ1v) is 14.0. The van der Waals surface area contributed by atoms with Gasteiger partial charge in [-0.3, -0.25) is 9.78 Å². The largest absolute Gasteiger partial charge is 0.495 e. The van der Waals surface area contributed by atoms with Crippen LogP contribution in [0.3, 0.4) is 0 Å².